The summed E-state index contributed by atoms with van der Waals surface area (Å²) in [6.07, 6.45) is 3.26. The Balaban J connectivity index is 1.55. The van der Waals surface area contributed by atoms with Crippen LogP contribution in [0.15, 0.2) is 67.0 Å². The summed E-state index contributed by atoms with van der Waals surface area (Å²) in [5.74, 6) is 0.199. The lowest BCUT2D eigenvalue weighted by molar-refractivity contribution is -0.130. The molecule has 0 aliphatic rings. The minimum Gasteiger partial charge on any atom is -0.484 e. The van der Waals surface area contributed by atoms with Gasteiger partial charge in [-0.05, 0) is 29.8 Å². The molecule has 0 bridgehead atoms. The van der Waals surface area contributed by atoms with Crippen LogP contribution in [0.25, 0.3) is 0 Å². The minimum absolute atomic E-state index is 0.0285. The fourth-order valence-electron chi connectivity index (χ4n) is 2.45. The molecule has 1 N–H and O–H groups in total. The zero-order valence-corrected chi connectivity index (χ0v) is 15.8. The van der Waals surface area contributed by atoms with Crippen LogP contribution in [0, 0.1) is 0 Å². The first kappa shape index (κ1) is 19.2. The van der Waals surface area contributed by atoms with Crippen molar-refractivity contribution < 1.29 is 14.3 Å². The van der Waals surface area contributed by atoms with E-state index in [0.29, 0.717) is 23.5 Å². The van der Waals surface area contributed by atoms with Gasteiger partial charge in [0, 0.05) is 26.0 Å². The van der Waals surface area contributed by atoms with E-state index in [2.05, 4.69) is 10.4 Å². The SMILES string of the molecule is CN(C)C(=O)COc1ccc(NC(=O)c2cnn(Cc3ccccc3)c2)cc1. The Bertz CT molecular complexity index is 934. The van der Waals surface area contributed by atoms with Gasteiger partial charge in [0.1, 0.15) is 5.75 Å². The lowest BCUT2D eigenvalue weighted by atomic mass is 10.2. The van der Waals surface area contributed by atoms with Crippen molar-refractivity contribution in [1.29, 1.82) is 0 Å². The van der Waals surface area contributed by atoms with E-state index in [0.717, 1.165) is 5.56 Å². The Morgan fingerprint density at radius 3 is 2.46 bits per heavy atom. The molecule has 144 valence electrons. The maximum atomic E-state index is 12.4. The normalized spacial score (nSPS) is 10.4. The van der Waals surface area contributed by atoms with Crippen molar-refractivity contribution >= 4 is 17.5 Å². The molecule has 0 saturated heterocycles. The molecule has 2 aromatic carbocycles. The van der Waals surface area contributed by atoms with Gasteiger partial charge in [-0.1, -0.05) is 30.3 Å². The largest absolute Gasteiger partial charge is 0.484 e. The van der Waals surface area contributed by atoms with Gasteiger partial charge in [-0.25, -0.2) is 0 Å². The number of ether oxygens (including phenoxy) is 1. The second kappa shape index (κ2) is 8.85. The average Bonchev–Trinajstić information content (AvgIpc) is 3.16. The average molecular weight is 378 g/mol. The van der Waals surface area contributed by atoms with Crippen LogP contribution >= 0.6 is 0 Å². The predicted molar refractivity (Wildman–Crippen MR) is 106 cm³/mol. The molecule has 0 radical (unpaired) electrons. The van der Waals surface area contributed by atoms with Crippen LogP contribution in [0.4, 0.5) is 5.69 Å². The topological polar surface area (TPSA) is 76.5 Å². The number of nitrogens with one attached hydrogen (secondary N) is 1. The highest BCUT2D eigenvalue weighted by Crippen LogP contribution is 2.16. The van der Waals surface area contributed by atoms with Crippen LogP contribution in [-0.4, -0.2) is 47.2 Å². The fourth-order valence-corrected chi connectivity index (χ4v) is 2.45. The molecule has 0 unspecified atom stereocenters. The van der Waals surface area contributed by atoms with E-state index >= 15 is 0 Å². The summed E-state index contributed by atoms with van der Waals surface area (Å²) >= 11 is 0. The maximum absolute atomic E-state index is 12.4. The number of aromatic nitrogens is 2. The highest BCUT2D eigenvalue weighted by Gasteiger charge is 2.10. The second-order valence-corrected chi connectivity index (χ2v) is 6.47. The smallest absolute Gasteiger partial charge is 0.259 e. The first-order valence-electron chi connectivity index (χ1n) is 8.82. The van der Waals surface area contributed by atoms with Crippen molar-refractivity contribution in [2.75, 3.05) is 26.0 Å². The number of carbonyl (C=O) groups excluding carboxylic acids is 2. The number of amides is 2. The Morgan fingerprint density at radius 1 is 1.07 bits per heavy atom. The van der Waals surface area contributed by atoms with Crippen molar-refractivity contribution in [1.82, 2.24) is 14.7 Å². The van der Waals surface area contributed by atoms with Crippen molar-refractivity contribution in [2.24, 2.45) is 0 Å². The summed E-state index contributed by atoms with van der Waals surface area (Å²) in [6.45, 7) is 0.575. The Kier molecular flexibility index (Phi) is 6.06. The van der Waals surface area contributed by atoms with Crippen molar-refractivity contribution in [3.05, 3.63) is 78.1 Å². The van der Waals surface area contributed by atoms with Crippen LogP contribution in [0.5, 0.6) is 5.75 Å². The van der Waals surface area contributed by atoms with Crippen LogP contribution in [0.1, 0.15) is 15.9 Å². The number of carbonyl (C=O) groups is 2. The first-order chi connectivity index (χ1) is 13.5. The molecule has 2 amide bonds. The molecule has 3 aromatic rings. The zero-order chi connectivity index (χ0) is 19.9. The van der Waals surface area contributed by atoms with Gasteiger partial charge in [0.15, 0.2) is 6.61 Å². The van der Waals surface area contributed by atoms with Gasteiger partial charge in [0.05, 0.1) is 18.3 Å². The molecule has 3 rings (SSSR count). The Labute approximate surface area is 163 Å². The summed E-state index contributed by atoms with van der Waals surface area (Å²) in [4.78, 5) is 25.4. The molecule has 0 fully saturated rings. The molecule has 1 aromatic heterocycles. The van der Waals surface area contributed by atoms with E-state index in [-0.39, 0.29) is 18.4 Å². The van der Waals surface area contributed by atoms with E-state index in [1.807, 2.05) is 30.3 Å². The van der Waals surface area contributed by atoms with Crippen molar-refractivity contribution in [2.45, 2.75) is 6.54 Å². The second-order valence-electron chi connectivity index (χ2n) is 6.47. The van der Waals surface area contributed by atoms with Crippen molar-refractivity contribution in [3.8, 4) is 5.75 Å². The molecule has 0 spiro atoms. The van der Waals surface area contributed by atoms with Gasteiger partial charge >= 0.3 is 0 Å². The summed E-state index contributed by atoms with van der Waals surface area (Å²) < 4.78 is 7.14. The van der Waals surface area contributed by atoms with Gasteiger partial charge in [0.2, 0.25) is 0 Å². The zero-order valence-electron chi connectivity index (χ0n) is 15.8. The van der Waals surface area contributed by atoms with Gasteiger partial charge < -0.3 is 15.0 Å². The molecule has 0 aliphatic carbocycles. The number of nitrogens with zero attached hydrogens (tertiary/aromatic N) is 3. The number of anilines is 1. The van der Waals surface area contributed by atoms with Crippen LogP contribution in [0.2, 0.25) is 0 Å². The van der Waals surface area contributed by atoms with Crippen LogP contribution < -0.4 is 10.1 Å². The number of rotatable bonds is 7. The summed E-state index contributed by atoms with van der Waals surface area (Å²) in [7, 11) is 3.35. The lowest BCUT2D eigenvalue weighted by Gasteiger charge is -2.11. The van der Waals surface area contributed by atoms with Gasteiger partial charge in [-0.15, -0.1) is 0 Å². The highest BCUT2D eigenvalue weighted by molar-refractivity contribution is 6.03. The molecular weight excluding hydrogens is 356 g/mol. The fraction of sp³-hybridized carbons (Fsp3) is 0.190. The molecular formula is C21H22N4O3. The third-order valence-electron chi connectivity index (χ3n) is 4.06. The van der Waals surface area contributed by atoms with Crippen LogP contribution in [-0.2, 0) is 11.3 Å². The van der Waals surface area contributed by atoms with Crippen molar-refractivity contribution in [3.63, 3.8) is 0 Å². The number of benzene rings is 2. The molecule has 7 heteroatoms. The molecule has 0 atom stereocenters. The lowest BCUT2D eigenvalue weighted by Crippen LogP contribution is -2.27. The summed E-state index contributed by atoms with van der Waals surface area (Å²) in [5, 5.41) is 7.07. The van der Waals surface area contributed by atoms with E-state index in [4.69, 9.17) is 4.74 Å². The Morgan fingerprint density at radius 2 is 1.79 bits per heavy atom. The quantitative estimate of drug-likeness (QED) is 0.686. The van der Waals surface area contributed by atoms with E-state index in [9.17, 15) is 9.59 Å². The molecule has 1 heterocycles. The van der Waals surface area contributed by atoms with Crippen LogP contribution in [0.3, 0.4) is 0 Å². The summed E-state index contributed by atoms with van der Waals surface area (Å²) in [6, 6.07) is 16.8. The van der Waals surface area contributed by atoms with E-state index in [1.165, 1.54) is 4.90 Å². The summed E-state index contributed by atoms with van der Waals surface area (Å²) in [5.41, 5.74) is 2.22. The maximum Gasteiger partial charge on any atom is 0.259 e. The number of hydrogen-bond donors (Lipinski definition) is 1. The predicted octanol–water partition coefficient (Wildman–Crippen LogP) is 2.65. The molecule has 28 heavy (non-hydrogen) atoms. The number of hydrogen-bond acceptors (Lipinski definition) is 4. The van der Waals surface area contributed by atoms with Gasteiger partial charge in [-0.3, -0.25) is 14.3 Å². The standard InChI is InChI=1S/C21H22N4O3/c1-24(2)20(26)15-28-19-10-8-18(9-11-19)23-21(27)17-12-22-25(14-17)13-16-6-4-3-5-7-16/h3-12,14H,13,15H2,1-2H3,(H,23,27). The van der Waals surface area contributed by atoms with E-state index in [1.54, 1.807) is 55.4 Å². The third-order valence-corrected chi connectivity index (χ3v) is 4.06. The molecule has 0 aliphatic heterocycles. The monoisotopic (exact) mass is 378 g/mol. The third kappa shape index (κ3) is 5.20. The minimum atomic E-state index is -0.240. The van der Waals surface area contributed by atoms with Gasteiger partial charge in [-0.2, -0.15) is 5.10 Å². The Hall–Kier alpha value is -3.61. The van der Waals surface area contributed by atoms with E-state index < -0.39 is 0 Å². The molecule has 0 saturated carbocycles. The molecule has 7 nitrogen and oxygen atoms in total. The first-order valence-corrected chi connectivity index (χ1v) is 8.82. The van der Waals surface area contributed by atoms with Gasteiger partial charge in [0.25, 0.3) is 11.8 Å². The number of likely N-dealkylation sites (N-methyl/N-ethyl adjacent to an activating group) is 1. The highest BCUT2D eigenvalue weighted by atomic mass is 16.5.